The van der Waals surface area contributed by atoms with Gasteiger partial charge in [0.15, 0.2) is 0 Å². The zero-order chi connectivity index (χ0) is 13.5. The van der Waals surface area contributed by atoms with Crippen LogP contribution in [0.3, 0.4) is 0 Å². The largest absolute Gasteiger partial charge is 0.351 e. The van der Waals surface area contributed by atoms with Gasteiger partial charge in [-0.2, -0.15) is 8.42 Å². The molecule has 0 aromatic carbocycles. The summed E-state index contributed by atoms with van der Waals surface area (Å²) in [5.41, 5.74) is 0. The summed E-state index contributed by atoms with van der Waals surface area (Å²) in [4.78, 5) is 21.7. The lowest BCUT2D eigenvalue weighted by Gasteiger charge is -2.14. The van der Waals surface area contributed by atoms with E-state index >= 15 is 0 Å². The molecule has 0 rings (SSSR count). The Labute approximate surface area is 99.3 Å². The lowest BCUT2D eigenvalue weighted by Crippen LogP contribution is -2.43. The number of hydrogen-bond acceptors (Lipinski definition) is 4. The Kier molecular flexibility index (Phi) is 6.15. The van der Waals surface area contributed by atoms with Crippen molar-refractivity contribution in [2.75, 3.05) is 13.1 Å². The Morgan fingerprint density at radius 2 is 1.47 bits per heavy atom. The summed E-state index contributed by atoms with van der Waals surface area (Å²) in [6.07, 6.45) is 1.92. The summed E-state index contributed by atoms with van der Waals surface area (Å²) in [6, 6.07) is 0. The molecule has 3 N–H and O–H groups in total. The van der Waals surface area contributed by atoms with Crippen LogP contribution in [0.25, 0.3) is 0 Å². The first-order valence-corrected chi connectivity index (χ1v) is 6.08. The van der Waals surface area contributed by atoms with Crippen LogP contribution in [0, 0.1) is 0 Å². The first-order valence-electron chi connectivity index (χ1n) is 4.58. The van der Waals surface area contributed by atoms with E-state index in [1.54, 1.807) is 0 Å². The minimum atomic E-state index is -4.37. The molecular weight excluding hydrogens is 248 g/mol. The molecule has 0 aromatic heterocycles. The van der Waals surface area contributed by atoms with Crippen LogP contribution in [0.5, 0.6) is 0 Å². The second kappa shape index (κ2) is 6.81. The minimum Gasteiger partial charge on any atom is -0.351 e. The molecule has 2 amide bonds. The first-order chi connectivity index (χ1) is 7.81. The van der Waals surface area contributed by atoms with E-state index in [1.165, 1.54) is 0 Å². The van der Waals surface area contributed by atoms with E-state index in [4.69, 9.17) is 4.55 Å². The molecule has 0 spiro atoms. The van der Waals surface area contributed by atoms with Gasteiger partial charge >= 0.3 is 0 Å². The van der Waals surface area contributed by atoms with Crippen LogP contribution in [0.1, 0.15) is 0 Å². The van der Waals surface area contributed by atoms with Gasteiger partial charge in [0, 0.05) is 13.1 Å². The van der Waals surface area contributed by atoms with Crippen molar-refractivity contribution < 1.29 is 22.6 Å². The van der Waals surface area contributed by atoms with E-state index in [0.29, 0.717) is 0 Å². The average molecular weight is 262 g/mol. The van der Waals surface area contributed by atoms with Crippen LogP contribution in [0.4, 0.5) is 0 Å². The highest BCUT2D eigenvalue weighted by Gasteiger charge is 2.23. The molecule has 17 heavy (non-hydrogen) atoms. The molecule has 8 heteroatoms. The minimum absolute atomic E-state index is 0.332. The second-order valence-corrected chi connectivity index (χ2v) is 4.73. The normalized spacial score (nSPS) is 10.7. The fraction of sp³-hybridized carbons (Fsp3) is 0.333. The molecule has 0 fully saturated rings. The number of hydrogen-bond donors (Lipinski definition) is 3. The van der Waals surface area contributed by atoms with Crippen molar-refractivity contribution in [1.82, 2.24) is 10.6 Å². The van der Waals surface area contributed by atoms with E-state index in [2.05, 4.69) is 23.8 Å². The van der Waals surface area contributed by atoms with Crippen molar-refractivity contribution in [3.63, 3.8) is 0 Å². The number of carbonyl (C=O) groups is 2. The average Bonchev–Trinajstić information content (AvgIpc) is 2.26. The predicted molar refractivity (Wildman–Crippen MR) is 61.8 cm³/mol. The van der Waals surface area contributed by atoms with Crippen LogP contribution in [-0.4, -0.2) is 43.1 Å². The number of rotatable bonds is 7. The summed E-state index contributed by atoms with van der Waals surface area (Å²) in [7, 11) is -4.37. The summed E-state index contributed by atoms with van der Waals surface area (Å²) >= 11 is 0. The van der Waals surface area contributed by atoms with E-state index < -0.39 is 27.2 Å². The monoisotopic (exact) mass is 262 g/mol. The van der Waals surface area contributed by atoms with Crippen molar-refractivity contribution >= 4 is 21.9 Å². The van der Waals surface area contributed by atoms with E-state index in [9.17, 15) is 18.0 Å². The maximum Gasteiger partial charge on any atom is 0.271 e. The van der Waals surface area contributed by atoms with Gasteiger partial charge in [-0.3, -0.25) is 14.1 Å². The van der Waals surface area contributed by atoms with Gasteiger partial charge < -0.3 is 10.6 Å². The van der Waals surface area contributed by atoms with Gasteiger partial charge in [0.1, 0.15) is 5.25 Å². The van der Waals surface area contributed by atoms with Gasteiger partial charge in [-0.1, -0.05) is 13.2 Å². The van der Waals surface area contributed by atoms with Gasteiger partial charge in [-0.05, 0) is 12.2 Å². The SMILES string of the molecule is C=CC(=O)NCC(CNC(=O)C=C)S(=O)(=O)O. The van der Waals surface area contributed by atoms with Gasteiger partial charge in [0.2, 0.25) is 11.8 Å². The molecule has 0 saturated heterocycles. The van der Waals surface area contributed by atoms with E-state index in [-0.39, 0.29) is 13.1 Å². The summed E-state index contributed by atoms with van der Waals surface area (Å²) in [5.74, 6) is -1.15. The fourth-order valence-corrected chi connectivity index (χ4v) is 1.44. The third kappa shape index (κ3) is 6.48. The van der Waals surface area contributed by atoms with Crippen molar-refractivity contribution in [2.45, 2.75) is 5.25 Å². The van der Waals surface area contributed by atoms with Crippen molar-refractivity contribution in [3.8, 4) is 0 Å². The zero-order valence-electron chi connectivity index (χ0n) is 9.05. The van der Waals surface area contributed by atoms with Gasteiger partial charge in [-0.25, -0.2) is 0 Å². The maximum absolute atomic E-state index is 10.9. The Morgan fingerprint density at radius 1 is 1.12 bits per heavy atom. The third-order valence-electron chi connectivity index (χ3n) is 1.80. The highest BCUT2D eigenvalue weighted by atomic mass is 32.2. The molecule has 0 atom stereocenters. The second-order valence-electron chi connectivity index (χ2n) is 3.04. The Balaban J connectivity index is 4.46. The maximum atomic E-state index is 10.9. The summed E-state index contributed by atoms with van der Waals surface area (Å²) < 4.78 is 30.7. The Hall–Kier alpha value is -1.67. The molecule has 0 aliphatic carbocycles. The fourth-order valence-electron chi connectivity index (χ4n) is 0.856. The molecule has 0 aliphatic rings. The smallest absolute Gasteiger partial charge is 0.271 e. The standard InChI is InChI=1S/C9H14N2O5S/c1-3-8(12)10-5-7(17(14,15)16)6-11-9(13)4-2/h3-4,7H,1-2,5-6H2,(H,10,12)(H,11,13)(H,14,15,16). The molecule has 0 heterocycles. The van der Waals surface area contributed by atoms with Crippen LogP contribution in [0.2, 0.25) is 0 Å². The van der Waals surface area contributed by atoms with Crippen LogP contribution >= 0.6 is 0 Å². The Morgan fingerprint density at radius 3 is 1.71 bits per heavy atom. The highest BCUT2D eigenvalue weighted by Crippen LogP contribution is 1.96. The molecule has 96 valence electrons. The quantitative estimate of drug-likeness (QED) is 0.396. The van der Waals surface area contributed by atoms with Gasteiger partial charge in [-0.15, -0.1) is 0 Å². The zero-order valence-corrected chi connectivity index (χ0v) is 9.87. The molecule has 0 saturated carbocycles. The van der Waals surface area contributed by atoms with Crippen LogP contribution in [0.15, 0.2) is 25.3 Å². The number of nitrogens with one attached hydrogen (secondary N) is 2. The predicted octanol–water partition coefficient (Wildman–Crippen LogP) is -1.15. The van der Waals surface area contributed by atoms with E-state index in [0.717, 1.165) is 12.2 Å². The van der Waals surface area contributed by atoms with Gasteiger partial charge in [0.25, 0.3) is 10.1 Å². The topological polar surface area (TPSA) is 113 Å². The van der Waals surface area contributed by atoms with Crippen LogP contribution in [-0.2, 0) is 19.7 Å². The first kappa shape index (κ1) is 15.3. The van der Waals surface area contributed by atoms with Crippen molar-refractivity contribution in [3.05, 3.63) is 25.3 Å². The summed E-state index contributed by atoms with van der Waals surface area (Å²) in [5, 5.41) is 3.09. The lowest BCUT2D eigenvalue weighted by atomic mass is 10.4. The molecule has 0 aromatic rings. The lowest BCUT2D eigenvalue weighted by molar-refractivity contribution is -0.116. The van der Waals surface area contributed by atoms with Crippen LogP contribution < -0.4 is 10.6 Å². The molecule has 7 nitrogen and oxygen atoms in total. The number of carbonyl (C=O) groups excluding carboxylic acids is 2. The third-order valence-corrected chi connectivity index (χ3v) is 2.98. The number of amides is 2. The van der Waals surface area contributed by atoms with Crippen molar-refractivity contribution in [2.24, 2.45) is 0 Å². The Bertz CT molecular complexity index is 391. The molecule has 0 bridgehead atoms. The molecule has 0 radical (unpaired) electrons. The molecular formula is C9H14N2O5S. The van der Waals surface area contributed by atoms with Gasteiger partial charge in [0.05, 0.1) is 0 Å². The highest BCUT2D eigenvalue weighted by molar-refractivity contribution is 7.86. The van der Waals surface area contributed by atoms with Crippen molar-refractivity contribution in [1.29, 1.82) is 0 Å². The molecule has 0 aliphatic heterocycles. The van der Waals surface area contributed by atoms with E-state index in [1.807, 2.05) is 0 Å². The molecule has 0 unspecified atom stereocenters. The summed E-state index contributed by atoms with van der Waals surface area (Å²) in [6.45, 7) is 5.70.